The Morgan fingerprint density at radius 1 is 0.344 bits per heavy atom. The van der Waals surface area contributed by atoms with Gasteiger partial charge in [0.25, 0.3) is 0 Å². The van der Waals surface area contributed by atoms with Crippen LogP contribution in [0.1, 0.15) is 171 Å². The van der Waals surface area contributed by atoms with Crippen LogP contribution in [0.4, 0.5) is 0 Å². The fraction of sp³-hybridized carbons (Fsp3) is 0.300. The second-order valence-electron chi connectivity index (χ2n) is 26.9. The van der Waals surface area contributed by atoms with Crippen LogP contribution in [0.5, 0.6) is 5.75 Å². The minimum Gasteiger partial charge on any atom is -0.488 e. The number of nitrogens with zero attached hydrogens (tertiary/aromatic N) is 6. The Morgan fingerprint density at radius 2 is 0.689 bits per heavy atom. The van der Waals surface area contributed by atoms with Crippen LogP contribution in [0.25, 0.3) is 94.3 Å². The summed E-state index contributed by atoms with van der Waals surface area (Å²) in [6, 6.07) is 44.9. The predicted octanol–water partition coefficient (Wildman–Crippen LogP) is 20.8. The molecule has 90 heavy (non-hydrogen) atoms. The minimum absolute atomic E-state index is 0.387. The van der Waals surface area contributed by atoms with Crippen molar-refractivity contribution < 1.29 is 4.74 Å². The van der Waals surface area contributed by atoms with Crippen LogP contribution in [0.3, 0.4) is 0 Å². The molecule has 0 fully saturated rings. The first kappa shape index (κ1) is 59.7. The van der Waals surface area contributed by atoms with Crippen molar-refractivity contribution in [1.82, 2.24) is 29.9 Å². The summed E-state index contributed by atoms with van der Waals surface area (Å²) in [7, 11) is 0. The molecule has 5 aliphatic rings. The Labute approximate surface area is 530 Å². The minimum atomic E-state index is 0.387. The number of aryl methyl sites for hydroxylation is 2. The second kappa shape index (κ2) is 24.9. The summed E-state index contributed by atoms with van der Waals surface area (Å²) in [5, 5.41) is 5.10. The maximum atomic E-state index is 6.17. The predicted molar refractivity (Wildman–Crippen MR) is 377 cm³/mol. The van der Waals surface area contributed by atoms with Crippen molar-refractivity contribution in [2.45, 2.75) is 140 Å². The summed E-state index contributed by atoms with van der Waals surface area (Å²) >= 11 is 0. The van der Waals surface area contributed by atoms with Crippen molar-refractivity contribution >= 4 is 55.4 Å². The molecule has 3 N–H and O–H groups in total. The maximum absolute atomic E-state index is 6.17. The molecule has 0 unspecified atom stereocenters. The zero-order chi connectivity index (χ0) is 62.5. The first-order valence-corrected chi connectivity index (χ1v) is 32.5. The number of aromatic nitrogens is 6. The normalized spacial score (nSPS) is 14.8. The van der Waals surface area contributed by atoms with E-state index >= 15 is 0 Å². The van der Waals surface area contributed by atoms with Crippen LogP contribution in [0, 0.1) is 17.8 Å². The topological polar surface area (TPSA) is 132 Å². The molecule has 0 amide bonds. The van der Waals surface area contributed by atoms with E-state index in [1.807, 2.05) is 31.0 Å². The Morgan fingerprint density at radius 3 is 1.11 bits per heavy atom. The van der Waals surface area contributed by atoms with E-state index in [9.17, 15) is 0 Å². The van der Waals surface area contributed by atoms with E-state index in [1.165, 1.54) is 117 Å². The van der Waals surface area contributed by atoms with E-state index in [0.29, 0.717) is 42.1 Å². The quantitative estimate of drug-likeness (QED) is 0.105. The number of fused-ring (bicyclic) bond motifs is 9. The summed E-state index contributed by atoms with van der Waals surface area (Å²) in [6.07, 6.45) is 17.0. The molecule has 0 bridgehead atoms. The number of allylic oxidation sites excluding steroid dienone is 3. The number of ether oxygens (including phenoxy) is 1. The third-order valence-electron chi connectivity index (χ3n) is 18.5. The Bertz CT molecular complexity index is 4410. The fourth-order valence-corrected chi connectivity index (χ4v) is 12.8. The van der Waals surface area contributed by atoms with Crippen LogP contribution in [0.2, 0.25) is 0 Å². The number of imidazole rings is 3. The first-order valence-electron chi connectivity index (χ1n) is 32.5. The van der Waals surface area contributed by atoms with E-state index in [2.05, 4.69) is 255 Å². The smallest absolute Gasteiger partial charge is 0.128 e. The van der Waals surface area contributed by atoms with Crippen molar-refractivity contribution in [3.05, 3.63) is 209 Å². The Hall–Kier alpha value is -9.28. The van der Waals surface area contributed by atoms with Gasteiger partial charge in [-0.2, -0.15) is 0 Å². The van der Waals surface area contributed by atoms with Gasteiger partial charge in [0.05, 0.1) is 35.7 Å². The molecule has 0 saturated heterocycles. The molecule has 7 aromatic carbocycles. The zero-order valence-electron chi connectivity index (χ0n) is 54.3. The van der Waals surface area contributed by atoms with Gasteiger partial charge >= 0.3 is 0 Å². The molecule has 1 aliphatic carbocycles. The van der Waals surface area contributed by atoms with Gasteiger partial charge in [0.2, 0.25) is 0 Å². The third-order valence-corrected chi connectivity index (χ3v) is 18.5. The van der Waals surface area contributed by atoms with Gasteiger partial charge in [-0.25, -0.2) is 15.0 Å². The lowest BCUT2D eigenvalue weighted by molar-refractivity contribution is 0.302. The van der Waals surface area contributed by atoms with Gasteiger partial charge in [0.15, 0.2) is 0 Å². The number of rotatable bonds is 12. The van der Waals surface area contributed by atoms with Crippen molar-refractivity contribution in [2.75, 3.05) is 0 Å². The average molecular weight is 1190 g/mol. The van der Waals surface area contributed by atoms with E-state index in [0.717, 1.165) is 83.5 Å². The largest absolute Gasteiger partial charge is 0.488 e. The van der Waals surface area contributed by atoms with E-state index in [1.54, 1.807) is 0 Å². The number of benzene rings is 7. The molecule has 3 aromatic heterocycles. The molecule has 454 valence electrons. The van der Waals surface area contributed by atoms with Crippen molar-refractivity contribution in [1.29, 1.82) is 0 Å². The highest BCUT2D eigenvalue weighted by Gasteiger charge is 2.24. The van der Waals surface area contributed by atoms with Gasteiger partial charge in [-0.1, -0.05) is 174 Å². The number of hydrogen-bond acceptors (Lipinski definition) is 7. The molecular formula is C80H83N9O. The Kier molecular flexibility index (Phi) is 16.5. The van der Waals surface area contributed by atoms with Crippen molar-refractivity contribution in [2.24, 2.45) is 32.7 Å². The van der Waals surface area contributed by atoms with Crippen LogP contribution in [-0.2, 0) is 19.4 Å². The van der Waals surface area contributed by atoms with Gasteiger partial charge in [-0.05, 0) is 160 Å². The molecule has 0 radical (unpaired) electrons. The maximum Gasteiger partial charge on any atom is 0.128 e. The highest BCUT2D eigenvalue weighted by atomic mass is 16.5. The lowest BCUT2D eigenvalue weighted by Gasteiger charge is -2.22. The molecule has 10 nitrogen and oxygen atoms in total. The summed E-state index contributed by atoms with van der Waals surface area (Å²) in [6.45, 7) is 26.8. The first-order chi connectivity index (χ1) is 43.5. The monoisotopic (exact) mass is 1190 g/mol. The fourth-order valence-electron chi connectivity index (χ4n) is 12.8. The standard InChI is InChI=1S/C27H29N3.C27H27N3.C26H27N3O/c2*1-16(2)25-13-22(14-28-25)18-7-9-23-19(11-18)5-6-20-12-21(8-10-24(20)23)26-15-29-27(30-26)17(3)4;1-15(2)23-10-19(12-27-23)17-5-8-22-21-7-6-18(9-20(21)14-30-25(22)11-17)24-13-28-26(29-24)16(3)4/h7-12,14-17H,5-6,13H2,1-4H3,(H,29,30);5-12,14-17H,13H2,1-4H3,(H,29,30);5-9,11-13,15-16H,10,14H2,1-4H3,(H,28,29). The van der Waals surface area contributed by atoms with Gasteiger partial charge in [-0.15, -0.1) is 0 Å². The molecule has 0 saturated carbocycles. The number of hydrogen-bond donors (Lipinski definition) is 3. The SMILES string of the molecule is CC(C)C1=NC=C(c2ccc3c(c2)CCc2cc(-c4cnc(C(C)C)[nH]4)ccc2-3)C1.CC(C)C1=NC=C(c2ccc3c(c2)OCc2cc(-c4cnc(C(C)C)[nH]4)ccc2-3)C1.CC(C)C1=NC=C(c2ccc3c(ccc4cc(-c5cnc(C(C)C)[nH]5)ccc43)c2)C1. The summed E-state index contributed by atoms with van der Waals surface area (Å²) in [5.74, 6) is 6.75. The number of aliphatic imine (C=N–C) groups is 3. The number of aromatic amines is 3. The number of H-pyrrole nitrogens is 3. The third kappa shape index (κ3) is 12.2. The van der Waals surface area contributed by atoms with Gasteiger partial charge in [-0.3, -0.25) is 15.0 Å². The van der Waals surface area contributed by atoms with E-state index in [4.69, 9.17) is 4.74 Å². The molecule has 10 aromatic rings. The molecule has 10 heteroatoms. The van der Waals surface area contributed by atoms with Crippen molar-refractivity contribution in [3.8, 4) is 61.8 Å². The molecule has 0 spiro atoms. The molecule has 0 atom stereocenters. The molecule has 4 aliphatic heterocycles. The molecule has 7 heterocycles. The van der Waals surface area contributed by atoms with Crippen LogP contribution >= 0.6 is 0 Å². The van der Waals surface area contributed by atoms with Crippen LogP contribution in [0.15, 0.2) is 173 Å². The second-order valence-corrected chi connectivity index (χ2v) is 26.9. The Balaban J connectivity index is 0.000000124. The van der Waals surface area contributed by atoms with Crippen LogP contribution in [-0.4, -0.2) is 47.0 Å². The van der Waals surface area contributed by atoms with E-state index in [-0.39, 0.29) is 0 Å². The van der Waals surface area contributed by atoms with Gasteiger partial charge in [0.1, 0.15) is 29.8 Å². The molecule has 15 rings (SSSR count). The lowest BCUT2D eigenvalue weighted by Crippen LogP contribution is -2.07. The van der Waals surface area contributed by atoms with Crippen LogP contribution < -0.4 is 4.74 Å². The summed E-state index contributed by atoms with van der Waals surface area (Å²) < 4.78 is 6.17. The van der Waals surface area contributed by atoms with E-state index < -0.39 is 0 Å². The molecular weight excluding hydrogens is 1100 g/mol. The van der Waals surface area contributed by atoms with Crippen molar-refractivity contribution in [3.63, 3.8) is 0 Å². The van der Waals surface area contributed by atoms with Gasteiger partial charge < -0.3 is 19.7 Å². The zero-order valence-corrected chi connectivity index (χ0v) is 54.3. The average Bonchev–Trinajstić information content (AvgIpc) is 1.69. The summed E-state index contributed by atoms with van der Waals surface area (Å²) in [5.41, 5.74) is 27.6. The number of nitrogens with one attached hydrogen (secondary N) is 3. The highest BCUT2D eigenvalue weighted by molar-refractivity contribution is 6.10. The lowest BCUT2D eigenvalue weighted by atomic mass is 9.83. The summed E-state index contributed by atoms with van der Waals surface area (Å²) in [4.78, 5) is 37.8. The highest BCUT2D eigenvalue weighted by Crippen LogP contribution is 2.43. The van der Waals surface area contributed by atoms with Gasteiger partial charge in [0, 0.05) is 83.9 Å².